The third kappa shape index (κ3) is 7.14. The molecule has 3 heteroatoms. The van der Waals surface area contributed by atoms with E-state index in [0.29, 0.717) is 0 Å². The van der Waals surface area contributed by atoms with Crippen molar-refractivity contribution in [3.8, 4) is 0 Å². The summed E-state index contributed by atoms with van der Waals surface area (Å²) in [5.41, 5.74) is 4.81. The number of hydrogen-bond donors (Lipinski definition) is 0. The van der Waals surface area contributed by atoms with Crippen LogP contribution >= 0.6 is 35.0 Å². The van der Waals surface area contributed by atoms with E-state index in [0.717, 1.165) is 21.2 Å². The van der Waals surface area contributed by atoms with Crippen molar-refractivity contribution in [3.63, 3.8) is 0 Å². The van der Waals surface area contributed by atoms with E-state index in [1.165, 1.54) is 11.1 Å². The van der Waals surface area contributed by atoms with Gasteiger partial charge in [-0.15, -0.1) is 11.8 Å². The van der Waals surface area contributed by atoms with E-state index in [1.54, 1.807) is 0 Å². The molecule has 0 amide bonds. The first kappa shape index (κ1) is 23.4. The lowest BCUT2D eigenvalue weighted by atomic mass is 10.1. The second-order valence-corrected chi connectivity index (χ2v) is 9.78. The predicted molar refractivity (Wildman–Crippen MR) is 147 cm³/mol. The van der Waals surface area contributed by atoms with Gasteiger partial charge in [0.2, 0.25) is 0 Å². The maximum absolute atomic E-state index is 6.06. The molecule has 0 N–H and O–H groups in total. The largest absolute Gasteiger partial charge is 0.137 e. The Morgan fingerprint density at radius 3 is 1.21 bits per heavy atom. The van der Waals surface area contributed by atoms with Crippen LogP contribution in [0.25, 0.3) is 12.2 Å². The Morgan fingerprint density at radius 2 is 0.848 bits per heavy atom. The van der Waals surface area contributed by atoms with Crippen molar-refractivity contribution in [1.82, 2.24) is 0 Å². The molecule has 0 aliphatic carbocycles. The molecule has 2 unspecified atom stereocenters. The van der Waals surface area contributed by atoms with E-state index in [2.05, 4.69) is 85.0 Å². The molecule has 4 aromatic rings. The molecule has 0 saturated carbocycles. The minimum Gasteiger partial charge on any atom is -0.137 e. The first-order valence-corrected chi connectivity index (χ1v) is 12.5. The van der Waals surface area contributed by atoms with Gasteiger partial charge < -0.3 is 0 Å². The quantitative estimate of drug-likeness (QED) is 0.238. The molecule has 0 aliphatic heterocycles. The van der Waals surface area contributed by atoms with Crippen LogP contribution in [-0.2, 0) is 0 Å². The molecule has 0 aromatic heterocycles. The van der Waals surface area contributed by atoms with Crippen LogP contribution in [0.3, 0.4) is 0 Å². The Kier molecular flexibility index (Phi) is 8.49. The van der Waals surface area contributed by atoms with Gasteiger partial charge in [-0.25, -0.2) is 0 Å². The average Bonchev–Trinajstić information content (AvgIpc) is 2.87. The smallest absolute Gasteiger partial charge is 0.0489 e. The summed E-state index contributed by atoms with van der Waals surface area (Å²) in [6.07, 6.45) is 8.89. The summed E-state index contributed by atoms with van der Waals surface area (Å²) in [6, 6.07) is 37.1. The molecular weight excluding hydrogens is 463 g/mol. The summed E-state index contributed by atoms with van der Waals surface area (Å²) in [6.45, 7) is 0. The average molecular weight is 487 g/mol. The molecule has 0 spiro atoms. The van der Waals surface area contributed by atoms with Crippen LogP contribution in [-0.4, -0.2) is 0 Å². The number of thioether (sulfide) groups is 1. The van der Waals surface area contributed by atoms with Crippen molar-refractivity contribution in [2.24, 2.45) is 0 Å². The van der Waals surface area contributed by atoms with Crippen molar-refractivity contribution >= 4 is 47.1 Å². The number of hydrogen-bond acceptors (Lipinski definition) is 1. The van der Waals surface area contributed by atoms with Crippen molar-refractivity contribution in [1.29, 1.82) is 0 Å². The Labute approximate surface area is 210 Å². The third-order valence-corrected chi connectivity index (χ3v) is 7.17. The van der Waals surface area contributed by atoms with E-state index >= 15 is 0 Å². The molecule has 0 saturated heterocycles. The molecule has 4 aromatic carbocycles. The predicted octanol–water partition coefficient (Wildman–Crippen LogP) is 9.94. The second kappa shape index (κ2) is 12.0. The van der Waals surface area contributed by atoms with Gasteiger partial charge in [-0.3, -0.25) is 0 Å². The van der Waals surface area contributed by atoms with Crippen LogP contribution < -0.4 is 0 Å². The summed E-state index contributed by atoms with van der Waals surface area (Å²) in [4.78, 5) is 0. The molecule has 0 radical (unpaired) electrons. The zero-order chi connectivity index (χ0) is 22.9. The van der Waals surface area contributed by atoms with Crippen LogP contribution in [0, 0.1) is 0 Å². The zero-order valence-electron chi connectivity index (χ0n) is 18.0. The molecule has 164 valence electrons. The van der Waals surface area contributed by atoms with Gasteiger partial charge in [0.15, 0.2) is 0 Å². The van der Waals surface area contributed by atoms with Crippen LogP contribution in [0.4, 0.5) is 0 Å². The molecule has 0 bridgehead atoms. The molecule has 0 nitrogen and oxygen atoms in total. The van der Waals surface area contributed by atoms with Crippen LogP contribution in [0.5, 0.6) is 0 Å². The van der Waals surface area contributed by atoms with Gasteiger partial charge >= 0.3 is 0 Å². The van der Waals surface area contributed by atoms with E-state index in [1.807, 2.05) is 60.3 Å². The summed E-state index contributed by atoms with van der Waals surface area (Å²) < 4.78 is 0. The van der Waals surface area contributed by atoms with Gasteiger partial charge in [0.05, 0.1) is 0 Å². The van der Waals surface area contributed by atoms with E-state index in [-0.39, 0.29) is 10.5 Å². The molecule has 0 fully saturated rings. The standard InChI is InChI=1S/C30H24Cl2S/c31-27-17-11-23(12-18-27)15-21-29(25-7-3-1-4-8-25)33-30(26-9-5-2-6-10-26)22-16-24-13-19-28(32)20-14-24/h1-22,29-30H/b21-15-,22-16-. The van der Waals surface area contributed by atoms with E-state index < -0.39 is 0 Å². The fourth-order valence-electron chi connectivity index (χ4n) is 3.46. The monoisotopic (exact) mass is 486 g/mol. The number of halogens is 2. The molecule has 2 atom stereocenters. The Morgan fingerprint density at radius 1 is 0.485 bits per heavy atom. The summed E-state index contributed by atoms with van der Waals surface area (Å²) >= 11 is 14.0. The Bertz CT molecular complexity index is 1080. The summed E-state index contributed by atoms with van der Waals surface area (Å²) in [5.74, 6) is 0. The minimum absolute atomic E-state index is 0.182. The highest BCUT2D eigenvalue weighted by Gasteiger charge is 2.16. The first-order valence-electron chi connectivity index (χ1n) is 10.8. The van der Waals surface area contributed by atoms with Gasteiger partial charge in [-0.05, 0) is 46.5 Å². The van der Waals surface area contributed by atoms with Gasteiger partial charge in [0.1, 0.15) is 0 Å². The lowest BCUT2D eigenvalue weighted by Gasteiger charge is -2.20. The lowest BCUT2D eigenvalue weighted by Crippen LogP contribution is -1.97. The van der Waals surface area contributed by atoms with E-state index in [9.17, 15) is 0 Å². The van der Waals surface area contributed by atoms with Crippen LogP contribution in [0.2, 0.25) is 10.0 Å². The first-order chi connectivity index (χ1) is 16.2. The molecule has 33 heavy (non-hydrogen) atoms. The Balaban J connectivity index is 1.64. The fourth-order valence-corrected chi connectivity index (χ4v) is 4.99. The lowest BCUT2D eigenvalue weighted by molar-refractivity contribution is 1.17. The summed E-state index contributed by atoms with van der Waals surface area (Å²) in [7, 11) is 0. The third-order valence-electron chi connectivity index (χ3n) is 5.22. The summed E-state index contributed by atoms with van der Waals surface area (Å²) in [5, 5.41) is 1.86. The van der Waals surface area contributed by atoms with Crippen molar-refractivity contribution in [2.75, 3.05) is 0 Å². The fraction of sp³-hybridized carbons (Fsp3) is 0.0667. The Hall–Kier alpha value is -2.71. The van der Waals surface area contributed by atoms with Crippen molar-refractivity contribution in [2.45, 2.75) is 10.5 Å². The molecule has 0 aliphatic rings. The second-order valence-electron chi connectivity index (χ2n) is 7.62. The number of benzene rings is 4. The molecule has 4 rings (SSSR count). The highest BCUT2D eigenvalue weighted by molar-refractivity contribution is 8.00. The maximum atomic E-state index is 6.06. The van der Waals surface area contributed by atoms with Gasteiger partial charge in [-0.2, -0.15) is 0 Å². The topological polar surface area (TPSA) is 0 Å². The highest BCUT2D eigenvalue weighted by Crippen LogP contribution is 2.43. The van der Waals surface area contributed by atoms with E-state index in [4.69, 9.17) is 23.2 Å². The molecular formula is C30H24Cl2S. The zero-order valence-corrected chi connectivity index (χ0v) is 20.3. The SMILES string of the molecule is Clc1ccc(/C=C\C(SC(/C=C\c2ccc(Cl)cc2)c2ccccc2)c2ccccc2)cc1. The maximum Gasteiger partial charge on any atom is 0.0489 e. The van der Waals surface area contributed by atoms with Crippen LogP contribution in [0.1, 0.15) is 32.8 Å². The van der Waals surface area contributed by atoms with Gasteiger partial charge in [-0.1, -0.05) is 132 Å². The number of rotatable bonds is 8. The minimum atomic E-state index is 0.182. The van der Waals surface area contributed by atoms with Gasteiger partial charge in [0, 0.05) is 20.5 Å². The van der Waals surface area contributed by atoms with Crippen molar-refractivity contribution < 1.29 is 0 Å². The normalized spacial score (nSPS) is 13.4. The van der Waals surface area contributed by atoms with Crippen LogP contribution in [0.15, 0.2) is 121 Å². The van der Waals surface area contributed by atoms with Crippen molar-refractivity contribution in [3.05, 3.63) is 154 Å². The molecule has 0 heterocycles. The van der Waals surface area contributed by atoms with Gasteiger partial charge in [0.25, 0.3) is 0 Å². The highest BCUT2D eigenvalue weighted by atomic mass is 35.5.